The van der Waals surface area contributed by atoms with Crippen molar-refractivity contribution in [1.29, 1.82) is 0 Å². The molecule has 2 aliphatic heterocycles. The van der Waals surface area contributed by atoms with E-state index in [0.717, 1.165) is 4.90 Å². The van der Waals surface area contributed by atoms with Gasteiger partial charge in [0, 0.05) is 6.04 Å². The Morgan fingerprint density at radius 1 is 1.17 bits per heavy atom. The molecular weight excluding hydrogens is 323 g/mol. The third-order valence-electron chi connectivity index (χ3n) is 4.74. The molecule has 4 atom stereocenters. The standard InChI is InChI=1S/C14H11F5N2O2/c15-13(16)8-6-9(21(13)14(17,18)19)11-10(8)20(11)12(22)23-7-4-2-1-3-5-7/h1-5,8-11H,6H2/t8-,9-,10-,11+,20?/m1/s1. The lowest BCUT2D eigenvalue weighted by Gasteiger charge is -2.33. The molecule has 1 aromatic carbocycles. The highest BCUT2D eigenvalue weighted by molar-refractivity contribution is 5.75. The second kappa shape index (κ2) is 4.34. The average molecular weight is 334 g/mol. The summed E-state index contributed by atoms with van der Waals surface area (Å²) in [6, 6.07) is 0.789. The van der Waals surface area contributed by atoms with Crippen LogP contribution in [0.4, 0.5) is 26.7 Å². The Hall–Kier alpha value is -1.90. The molecule has 9 heteroatoms. The van der Waals surface area contributed by atoms with Crippen molar-refractivity contribution in [2.45, 2.75) is 36.9 Å². The molecule has 0 N–H and O–H groups in total. The van der Waals surface area contributed by atoms with Gasteiger partial charge in [0.25, 0.3) is 0 Å². The zero-order valence-corrected chi connectivity index (χ0v) is 11.5. The molecule has 2 bridgehead atoms. The van der Waals surface area contributed by atoms with Gasteiger partial charge in [0.1, 0.15) is 5.75 Å². The first-order valence-corrected chi connectivity index (χ1v) is 7.02. The first-order valence-electron chi connectivity index (χ1n) is 7.02. The minimum atomic E-state index is -5.13. The van der Waals surface area contributed by atoms with Gasteiger partial charge in [0.2, 0.25) is 0 Å². The molecule has 3 fully saturated rings. The summed E-state index contributed by atoms with van der Waals surface area (Å²) in [5.41, 5.74) is 0. The van der Waals surface area contributed by atoms with Crippen LogP contribution in [0, 0.1) is 5.92 Å². The van der Waals surface area contributed by atoms with Crippen molar-refractivity contribution < 1.29 is 31.5 Å². The van der Waals surface area contributed by atoms with Crippen LogP contribution in [-0.4, -0.2) is 46.4 Å². The molecule has 0 spiro atoms. The monoisotopic (exact) mass is 334 g/mol. The molecule has 23 heavy (non-hydrogen) atoms. The number of hydrogen-bond donors (Lipinski definition) is 0. The molecule has 1 amide bonds. The fourth-order valence-electron chi connectivity index (χ4n) is 3.90. The first-order chi connectivity index (χ1) is 10.7. The highest BCUT2D eigenvalue weighted by Crippen LogP contribution is 2.63. The second-order valence-corrected chi connectivity index (χ2v) is 5.90. The van der Waals surface area contributed by atoms with Crippen LogP contribution in [0.15, 0.2) is 30.3 Å². The summed E-state index contributed by atoms with van der Waals surface area (Å²) in [5.74, 6) is -1.29. The van der Waals surface area contributed by atoms with E-state index >= 15 is 0 Å². The zero-order valence-electron chi connectivity index (χ0n) is 11.5. The summed E-state index contributed by atoms with van der Waals surface area (Å²) >= 11 is 0. The Morgan fingerprint density at radius 2 is 1.83 bits per heavy atom. The lowest BCUT2D eigenvalue weighted by Crippen LogP contribution is -2.56. The Bertz CT molecular complexity index is 650. The average Bonchev–Trinajstić information content (AvgIpc) is 2.98. The third-order valence-corrected chi connectivity index (χ3v) is 4.74. The van der Waals surface area contributed by atoms with Crippen molar-refractivity contribution in [3.8, 4) is 5.75 Å². The van der Waals surface area contributed by atoms with E-state index in [1.54, 1.807) is 18.2 Å². The number of rotatable bonds is 1. The van der Waals surface area contributed by atoms with Crippen LogP contribution in [0.5, 0.6) is 5.75 Å². The minimum absolute atomic E-state index is 0.217. The number of nitrogens with zero attached hydrogens (tertiary/aromatic N) is 2. The highest BCUT2D eigenvalue weighted by Gasteiger charge is 2.82. The highest BCUT2D eigenvalue weighted by atomic mass is 19.4. The number of halogens is 5. The van der Waals surface area contributed by atoms with Gasteiger partial charge in [-0.1, -0.05) is 18.2 Å². The van der Waals surface area contributed by atoms with Gasteiger partial charge >= 0.3 is 18.4 Å². The van der Waals surface area contributed by atoms with E-state index in [4.69, 9.17) is 4.74 Å². The summed E-state index contributed by atoms with van der Waals surface area (Å²) in [6.07, 6.45) is -6.29. The van der Waals surface area contributed by atoms with Crippen LogP contribution in [0.3, 0.4) is 0 Å². The van der Waals surface area contributed by atoms with Crippen molar-refractivity contribution >= 4 is 6.09 Å². The predicted molar refractivity (Wildman–Crippen MR) is 66.6 cm³/mol. The van der Waals surface area contributed by atoms with Gasteiger partial charge in [0.15, 0.2) is 0 Å². The van der Waals surface area contributed by atoms with Crippen molar-refractivity contribution in [1.82, 2.24) is 9.80 Å². The predicted octanol–water partition coefficient (Wildman–Crippen LogP) is 3.05. The van der Waals surface area contributed by atoms with E-state index < -0.39 is 47.4 Å². The molecule has 124 valence electrons. The Morgan fingerprint density at radius 3 is 2.43 bits per heavy atom. The summed E-state index contributed by atoms with van der Waals surface area (Å²) in [5, 5.41) is 0. The third kappa shape index (κ3) is 1.95. The summed E-state index contributed by atoms with van der Waals surface area (Å²) in [7, 11) is 0. The van der Waals surface area contributed by atoms with E-state index in [1.807, 2.05) is 0 Å². The fourth-order valence-corrected chi connectivity index (χ4v) is 3.90. The number of carbonyl (C=O) groups excluding carboxylic acids is 1. The molecule has 2 saturated heterocycles. The van der Waals surface area contributed by atoms with Crippen LogP contribution in [0.25, 0.3) is 0 Å². The number of hydrogen-bond acceptors (Lipinski definition) is 3. The van der Waals surface area contributed by atoms with Crippen LogP contribution in [0.1, 0.15) is 6.42 Å². The zero-order chi connectivity index (χ0) is 16.6. The van der Waals surface area contributed by atoms with E-state index in [0.29, 0.717) is 0 Å². The van der Waals surface area contributed by atoms with Crippen molar-refractivity contribution in [2.24, 2.45) is 5.92 Å². The number of para-hydroxylation sites is 1. The number of fused-ring (bicyclic) bond motifs is 5. The van der Waals surface area contributed by atoms with Crippen molar-refractivity contribution in [3.63, 3.8) is 0 Å². The minimum Gasteiger partial charge on any atom is -0.410 e. The summed E-state index contributed by atoms with van der Waals surface area (Å²) in [4.78, 5) is 12.3. The maximum absolute atomic E-state index is 14.0. The number of ether oxygens (including phenoxy) is 1. The summed E-state index contributed by atoms with van der Waals surface area (Å²) < 4.78 is 71.6. The number of alkyl halides is 5. The topological polar surface area (TPSA) is 32.6 Å². The van der Waals surface area contributed by atoms with E-state index in [2.05, 4.69) is 0 Å². The molecular formula is C14H11F5N2O2. The SMILES string of the molecule is O=C(Oc1ccccc1)N1[C@@H]2[C@H]1[C@H]1C[C@H]2N(C(F)(F)F)C1(F)F. The number of amides is 1. The van der Waals surface area contributed by atoms with Crippen molar-refractivity contribution in [2.75, 3.05) is 0 Å². The smallest absolute Gasteiger partial charge is 0.410 e. The largest absolute Gasteiger partial charge is 0.464 e. The first kappa shape index (κ1) is 14.7. The molecule has 0 aromatic heterocycles. The molecule has 3 aliphatic rings. The van der Waals surface area contributed by atoms with Gasteiger partial charge in [-0.05, 0) is 18.6 Å². The molecule has 2 heterocycles. The van der Waals surface area contributed by atoms with Gasteiger partial charge in [-0.15, -0.1) is 4.90 Å². The van der Waals surface area contributed by atoms with Crippen LogP contribution < -0.4 is 4.74 Å². The molecule has 4 rings (SSSR count). The Kier molecular flexibility index (Phi) is 2.77. The van der Waals surface area contributed by atoms with Gasteiger partial charge in [0.05, 0.1) is 18.0 Å². The fraction of sp³-hybridized carbons (Fsp3) is 0.500. The van der Waals surface area contributed by atoms with Gasteiger partial charge in [-0.2, -0.15) is 22.0 Å². The van der Waals surface area contributed by atoms with E-state index in [-0.39, 0.29) is 12.2 Å². The van der Waals surface area contributed by atoms with Gasteiger partial charge in [-0.3, -0.25) is 4.90 Å². The number of benzene rings is 1. The lowest BCUT2D eigenvalue weighted by atomic mass is 10.1. The van der Waals surface area contributed by atoms with Crippen LogP contribution in [0.2, 0.25) is 0 Å². The number of likely N-dealkylation sites (tertiary alicyclic amines) is 2. The van der Waals surface area contributed by atoms with Crippen LogP contribution in [-0.2, 0) is 0 Å². The Balaban J connectivity index is 1.54. The van der Waals surface area contributed by atoms with Crippen LogP contribution >= 0.6 is 0 Å². The Labute approximate surface area is 127 Å². The maximum Gasteiger partial charge on any atom is 0.464 e. The number of carbonyl (C=O) groups is 1. The molecule has 0 radical (unpaired) electrons. The molecule has 0 unspecified atom stereocenters. The second-order valence-electron chi connectivity index (χ2n) is 5.90. The molecule has 1 aliphatic carbocycles. The lowest BCUT2D eigenvalue weighted by molar-refractivity contribution is -0.339. The quantitative estimate of drug-likeness (QED) is 0.450. The number of piperidine rings is 2. The maximum atomic E-state index is 14.0. The van der Waals surface area contributed by atoms with E-state index in [9.17, 15) is 26.7 Å². The van der Waals surface area contributed by atoms with Gasteiger partial charge < -0.3 is 4.74 Å². The van der Waals surface area contributed by atoms with Crippen molar-refractivity contribution in [3.05, 3.63) is 30.3 Å². The normalized spacial score (nSPS) is 34.4. The molecule has 1 saturated carbocycles. The van der Waals surface area contributed by atoms with Gasteiger partial charge in [-0.25, -0.2) is 4.79 Å². The van der Waals surface area contributed by atoms with E-state index in [1.165, 1.54) is 12.1 Å². The summed E-state index contributed by atoms with van der Waals surface area (Å²) in [6.45, 7) is 0. The molecule has 1 aromatic rings. The molecule has 4 nitrogen and oxygen atoms in total.